The lowest BCUT2D eigenvalue weighted by atomic mass is 10.0. The second-order valence-electron chi connectivity index (χ2n) is 4.50. The van der Waals surface area contributed by atoms with Gasteiger partial charge in [-0.2, -0.15) is 0 Å². The highest BCUT2D eigenvalue weighted by Crippen LogP contribution is 2.20. The first kappa shape index (κ1) is 13.6. The Bertz CT molecular complexity index is 593. The van der Waals surface area contributed by atoms with Crippen LogP contribution in [0.4, 0.5) is 0 Å². The van der Waals surface area contributed by atoms with E-state index < -0.39 is 0 Å². The van der Waals surface area contributed by atoms with Crippen LogP contribution in [-0.4, -0.2) is 11.1 Å². The minimum Gasteiger partial charge on any atom is -0.369 e. The standard InChI is InChI=1S/C14H15ClN2O2/c1-9-6-12(17-19-9)4-3-11-7-10(8-14(16)18)2-5-13(11)15/h2,5-7H,3-4,8H2,1H3,(H2,16,18). The van der Waals surface area contributed by atoms with Gasteiger partial charge in [-0.15, -0.1) is 0 Å². The van der Waals surface area contributed by atoms with E-state index in [1.54, 1.807) is 6.07 Å². The topological polar surface area (TPSA) is 69.1 Å². The van der Waals surface area contributed by atoms with Crippen molar-refractivity contribution in [3.63, 3.8) is 0 Å². The molecule has 1 amide bonds. The van der Waals surface area contributed by atoms with Crippen molar-refractivity contribution in [1.29, 1.82) is 0 Å². The van der Waals surface area contributed by atoms with Crippen LogP contribution in [0.3, 0.4) is 0 Å². The molecule has 0 aliphatic heterocycles. The summed E-state index contributed by atoms with van der Waals surface area (Å²) in [4.78, 5) is 10.9. The maximum Gasteiger partial charge on any atom is 0.221 e. The molecule has 0 spiro atoms. The Morgan fingerprint density at radius 3 is 2.79 bits per heavy atom. The van der Waals surface area contributed by atoms with Gasteiger partial charge in [-0.3, -0.25) is 4.79 Å². The lowest BCUT2D eigenvalue weighted by Crippen LogP contribution is -2.13. The van der Waals surface area contributed by atoms with E-state index in [-0.39, 0.29) is 12.3 Å². The number of hydrogen-bond acceptors (Lipinski definition) is 3. The zero-order valence-electron chi connectivity index (χ0n) is 10.6. The molecule has 5 heteroatoms. The van der Waals surface area contributed by atoms with Crippen LogP contribution in [-0.2, 0) is 24.1 Å². The molecule has 1 heterocycles. The molecule has 2 N–H and O–H groups in total. The van der Waals surface area contributed by atoms with E-state index in [1.165, 1.54) is 0 Å². The van der Waals surface area contributed by atoms with Gasteiger partial charge in [-0.1, -0.05) is 28.9 Å². The van der Waals surface area contributed by atoms with Crippen molar-refractivity contribution >= 4 is 17.5 Å². The minimum absolute atomic E-state index is 0.229. The van der Waals surface area contributed by atoms with Crippen LogP contribution >= 0.6 is 11.6 Å². The molecule has 0 aliphatic rings. The number of aryl methyl sites for hydroxylation is 3. The van der Waals surface area contributed by atoms with Gasteiger partial charge in [0.1, 0.15) is 5.76 Å². The zero-order chi connectivity index (χ0) is 13.8. The summed E-state index contributed by atoms with van der Waals surface area (Å²) in [5.41, 5.74) is 7.95. The Morgan fingerprint density at radius 2 is 2.16 bits per heavy atom. The van der Waals surface area contributed by atoms with Crippen molar-refractivity contribution in [1.82, 2.24) is 5.16 Å². The Hall–Kier alpha value is -1.81. The molecule has 0 atom stereocenters. The van der Waals surface area contributed by atoms with E-state index in [2.05, 4.69) is 5.16 Å². The van der Waals surface area contributed by atoms with Gasteiger partial charge in [-0.05, 0) is 37.0 Å². The molecule has 0 bridgehead atoms. The van der Waals surface area contributed by atoms with Crippen molar-refractivity contribution in [2.24, 2.45) is 5.73 Å². The molecular formula is C14H15ClN2O2. The third-order valence-corrected chi connectivity index (χ3v) is 3.18. The lowest BCUT2D eigenvalue weighted by Gasteiger charge is -2.06. The molecule has 0 aliphatic carbocycles. The van der Waals surface area contributed by atoms with Gasteiger partial charge >= 0.3 is 0 Å². The van der Waals surface area contributed by atoms with E-state index in [0.29, 0.717) is 5.02 Å². The highest BCUT2D eigenvalue weighted by molar-refractivity contribution is 6.31. The van der Waals surface area contributed by atoms with Crippen molar-refractivity contribution in [3.8, 4) is 0 Å². The van der Waals surface area contributed by atoms with Crippen LogP contribution in [0.25, 0.3) is 0 Å². The van der Waals surface area contributed by atoms with Gasteiger partial charge in [0.2, 0.25) is 5.91 Å². The molecule has 4 nitrogen and oxygen atoms in total. The second kappa shape index (κ2) is 5.89. The Labute approximate surface area is 116 Å². The highest BCUT2D eigenvalue weighted by Gasteiger charge is 2.07. The zero-order valence-corrected chi connectivity index (χ0v) is 11.4. The maximum absolute atomic E-state index is 10.9. The fourth-order valence-corrected chi connectivity index (χ4v) is 2.14. The quantitative estimate of drug-likeness (QED) is 0.913. The monoisotopic (exact) mass is 278 g/mol. The maximum atomic E-state index is 10.9. The van der Waals surface area contributed by atoms with Crippen LogP contribution in [0, 0.1) is 6.92 Å². The summed E-state index contributed by atoms with van der Waals surface area (Å²) in [7, 11) is 0. The molecule has 100 valence electrons. The van der Waals surface area contributed by atoms with Crippen LogP contribution in [0.1, 0.15) is 22.6 Å². The summed E-state index contributed by atoms with van der Waals surface area (Å²) < 4.78 is 5.02. The van der Waals surface area contributed by atoms with Crippen LogP contribution in [0.2, 0.25) is 5.02 Å². The number of benzene rings is 1. The number of halogens is 1. The summed E-state index contributed by atoms with van der Waals surface area (Å²) >= 11 is 6.14. The van der Waals surface area contributed by atoms with Gasteiger partial charge in [0.15, 0.2) is 0 Å². The van der Waals surface area contributed by atoms with Gasteiger partial charge in [0, 0.05) is 11.1 Å². The first-order chi connectivity index (χ1) is 9.04. The van der Waals surface area contributed by atoms with Crippen molar-refractivity contribution in [2.45, 2.75) is 26.2 Å². The number of nitrogens with zero attached hydrogens (tertiary/aromatic N) is 1. The molecule has 2 aromatic rings. The van der Waals surface area contributed by atoms with Crippen LogP contribution < -0.4 is 5.73 Å². The normalized spacial score (nSPS) is 10.6. The number of carbonyl (C=O) groups excluding carboxylic acids is 1. The van der Waals surface area contributed by atoms with Crippen molar-refractivity contribution in [2.75, 3.05) is 0 Å². The Balaban J connectivity index is 2.08. The summed E-state index contributed by atoms with van der Waals surface area (Å²) in [6, 6.07) is 7.43. The fraction of sp³-hybridized carbons (Fsp3) is 0.286. The molecular weight excluding hydrogens is 264 g/mol. The average molecular weight is 279 g/mol. The van der Waals surface area contributed by atoms with E-state index in [1.807, 2.05) is 25.1 Å². The molecule has 0 saturated heterocycles. The third-order valence-electron chi connectivity index (χ3n) is 2.82. The first-order valence-corrected chi connectivity index (χ1v) is 6.40. The number of carbonyl (C=O) groups is 1. The van der Waals surface area contributed by atoms with Crippen LogP contribution in [0.5, 0.6) is 0 Å². The fourth-order valence-electron chi connectivity index (χ4n) is 1.93. The minimum atomic E-state index is -0.347. The van der Waals surface area contributed by atoms with Gasteiger partial charge in [-0.25, -0.2) is 0 Å². The number of rotatable bonds is 5. The predicted octanol–water partition coefficient (Wildman–Crippen LogP) is 2.45. The van der Waals surface area contributed by atoms with Crippen molar-refractivity contribution in [3.05, 3.63) is 51.9 Å². The summed E-state index contributed by atoms with van der Waals surface area (Å²) in [5, 5.41) is 4.63. The molecule has 19 heavy (non-hydrogen) atoms. The number of hydrogen-bond donors (Lipinski definition) is 1. The molecule has 0 fully saturated rings. The first-order valence-electron chi connectivity index (χ1n) is 6.02. The van der Waals surface area contributed by atoms with Gasteiger partial charge in [0.25, 0.3) is 0 Å². The Kier molecular flexibility index (Phi) is 4.22. The molecule has 0 unspecified atom stereocenters. The molecule has 1 aromatic heterocycles. The smallest absolute Gasteiger partial charge is 0.221 e. The number of aromatic nitrogens is 1. The largest absolute Gasteiger partial charge is 0.369 e. The average Bonchev–Trinajstić information content (AvgIpc) is 2.75. The van der Waals surface area contributed by atoms with E-state index in [0.717, 1.165) is 35.4 Å². The highest BCUT2D eigenvalue weighted by atomic mass is 35.5. The van der Waals surface area contributed by atoms with Crippen LogP contribution in [0.15, 0.2) is 28.8 Å². The van der Waals surface area contributed by atoms with Crippen molar-refractivity contribution < 1.29 is 9.32 Å². The van der Waals surface area contributed by atoms with E-state index in [9.17, 15) is 4.79 Å². The van der Waals surface area contributed by atoms with E-state index in [4.69, 9.17) is 21.9 Å². The Morgan fingerprint density at radius 1 is 1.37 bits per heavy atom. The van der Waals surface area contributed by atoms with Gasteiger partial charge in [0.05, 0.1) is 12.1 Å². The second-order valence-corrected chi connectivity index (χ2v) is 4.90. The number of nitrogens with two attached hydrogens (primary N) is 1. The SMILES string of the molecule is Cc1cc(CCc2cc(CC(N)=O)ccc2Cl)no1. The molecule has 0 radical (unpaired) electrons. The molecule has 0 saturated carbocycles. The number of primary amides is 1. The molecule has 2 rings (SSSR count). The van der Waals surface area contributed by atoms with Gasteiger partial charge < -0.3 is 10.3 Å². The van der Waals surface area contributed by atoms with E-state index >= 15 is 0 Å². The summed E-state index contributed by atoms with van der Waals surface area (Å²) in [5.74, 6) is 0.448. The number of amides is 1. The predicted molar refractivity (Wildman–Crippen MR) is 73.0 cm³/mol. The third kappa shape index (κ3) is 3.83. The summed E-state index contributed by atoms with van der Waals surface area (Å²) in [6.07, 6.45) is 1.72. The summed E-state index contributed by atoms with van der Waals surface area (Å²) in [6.45, 7) is 1.86. The molecule has 1 aromatic carbocycles. The lowest BCUT2D eigenvalue weighted by molar-refractivity contribution is -0.117.